The van der Waals surface area contributed by atoms with Crippen LogP contribution in [0.1, 0.15) is 48.5 Å². The maximum atomic E-state index is 13.3. The first-order valence-corrected chi connectivity index (χ1v) is 7.37. The van der Waals surface area contributed by atoms with Crippen LogP contribution >= 0.6 is 0 Å². The molecule has 0 unspecified atom stereocenters. The maximum Gasteiger partial charge on any atom is 0.252 e. The molecule has 3 N–H and O–H groups in total. The van der Waals surface area contributed by atoms with Gasteiger partial charge in [0.1, 0.15) is 5.82 Å². The Morgan fingerprint density at radius 1 is 1.48 bits per heavy atom. The topological polar surface area (TPSA) is 55.1 Å². The Hall–Kier alpha value is -1.86. The van der Waals surface area contributed by atoms with E-state index in [2.05, 4.69) is 24.1 Å². The summed E-state index contributed by atoms with van der Waals surface area (Å²) in [4.78, 5) is 12.3. The molecule has 0 spiro atoms. The van der Waals surface area contributed by atoms with Crippen LogP contribution in [0.15, 0.2) is 18.2 Å². The number of benzene rings is 1. The van der Waals surface area contributed by atoms with Crippen molar-refractivity contribution in [3.8, 4) is 11.8 Å². The number of hydrogen-bond acceptors (Lipinski definition) is 2. The average molecular weight is 288 g/mol. The van der Waals surface area contributed by atoms with Crippen LogP contribution in [0.4, 0.5) is 4.39 Å². The smallest absolute Gasteiger partial charge is 0.252 e. The highest BCUT2D eigenvalue weighted by Gasteiger charge is 2.41. The highest BCUT2D eigenvalue weighted by atomic mass is 19.1. The molecule has 21 heavy (non-hydrogen) atoms. The molecule has 1 aliphatic rings. The molecule has 1 amide bonds. The van der Waals surface area contributed by atoms with Crippen molar-refractivity contribution in [2.24, 2.45) is 11.1 Å². The third-order valence-electron chi connectivity index (χ3n) is 3.91. The van der Waals surface area contributed by atoms with Gasteiger partial charge in [0.05, 0.1) is 12.1 Å². The summed E-state index contributed by atoms with van der Waals surface area (Å²) in [5.41, 5.74) is 6.41. The Morgan fingerprint density at radius 2 is 2.24 bits per heavy atom. The van der Waals surface area contributed by atoms with E-state index in [1.165, 1.54) is 31.0 Å². The largest absolute Gasteiger partial charge is 0.351 e. The van der Waals surface area contributed by atoms with E-state index in [1.807, 2.05) is 0 Å². The fourth-order valence-electron chi connectivity index (χ4n) is 2.55. The molecule has 0 radical (unpaired) electrons. The zero-order chi connectivity index (χ0) is 15.3. The predicted octanol–water partition coefficient (Wildman–Crippen LogP) is 2.45. The van der Waals surface area contributed by atoms with Gasteiger partial charge in [-0.25, -0.2) is 4.39 Å². The minimum Gasteiger partial charge on any atom is -0.351 e. The van der Waals surface area contributed by atoms with Crippen molar-refractivity contribution in [1.82, 2.24) is 5.32 Å². The quantitative estimate of drug-likeness (QED) is 0.818. The lowest BCUT2D eigenvalue weighted by Gasteiger charge is -2.15. The van der Waals surface area contributed by atoms with E-state index in [0.717, 1.165) is 12.8 Å². The molecule has 0 atom stereocenters. The molecule has 1 aromatic rings. The lowest BCUT2D eigenvalue weighted by atomic mass is 10.0. The molecule has 2 rings (SSSR count). The molecule has 1 aliphatic carbocycles. The van der Waals surface area contributed by atoms with E-state index < -0.39 is 5.82 Å². The summed E-state index contributed by atoms with van der Waals surface area (Å²) in [5.74, 6) is 4.82. The molecule has 1 aromatic carbocycles. The number of halogens is 1. The van der Waals surface area contributed by atoms with Crippen molar-refractivity contribution < 1.29 is 9.18 Å². The van der Waals surface area contributed by atoms with E-state index in [1.54, 1.807) is 0 Å². The van der Waals surface area contributed by atoms with E-state index >= 15 is 0 Å². The average Bonchev–Trinajstić information content (AvgIpc) is 3.23. The second-order valence-electron chi connectivity index (χ2n) is 5.63. The van der Waals surface area contributed by atoms with Crippen LogP contribution in [0.5, 0.6) is 0 Å². The van der Waals surface area contributed by atoms with Gasteiger partial charge < -0.3 is 11.1 Å². The van der Waals surface area contributed by atoms with E-state index in [0.29, 0.717) is 17.7 Å². The van der Waals surface area contributed by atoms with Gasteiger partial charge in [0.2, 0.25) is 0 Å². The number of nitrogens with one attached hydrogen (secondary N) is 1. The maximum absolute atomic E-state index is 13.3. The fourth-order valence-corrected chi connectivity index (χ4v) is 2.55. The molecule has 112 valence electrons. The van der Waals surface area contributed by atoms with Gasteiger partial charge in [0.25, 0.3) is 5.91 Å². The van der Waals surface area contributed by atoms with E-state index in [4.69, 9.17) is 5.73 Å². The molecule has 0 aromatic heterocycles. The summed E-state index contributed by atoms with van der Waals surface area (Å²) in [5, 5.41) is 2.96. The van der Waals surface area contributed by atoms with Crippen LogP contribution in [0.2, 0.25) is 0 Å². The normalized spacial score (nSPS) is 15.0. The first kappa shape index (κ1) is 15.5. The predicted molar refractivity (Wildman–Crippen MR) is 81.2 cm³/mol. The zero-order valence-electron chi connectivity index (χ0n) is 12.3. The SMILES string of the molecule is CCCC1(CNC(=O)c2ccc(F)cc2C#CCN)CC1. The van der Waals surface area contributed by atoms with Crippen LogP contribution in [-0.4, -0.2) is 19.0 Å². The molecule has 1 saturated carbocycles. The summed E-state index contributed by atoms with van der Waals surface area (Å²) in [6.45, 7) is 3.01. The van der Waals surface area contributed by atoms with Crippen molar-refractivity contribution in [3.63, 3.8) is 0 Å². The standard InChI is InChI=1S/C17H21FN2O/c1-2-7-17(8-9-17)12-20-16(21)15-6-5-14(18)11-13(15)4-3-10-19/h5-6,11H,2,7-10,12,19H2,1H3,(H,20,21). The minimum absolute atomic E-state index is 0.178. The van der Waals surface area contributed by atoms with E-state index in [9.17, 15) is 9.18 Å². The van der Waals surface area contributed by atoms with Crippen LogP contribution in [0, 0.1) is 23.1 Å². The number of carbonyl (C=O) groups excluding carboxylic acids is 1. The van der Waals surface area contributed by atoms with Gasteiger partial charge in [-0.2, -0.15) is 0 Å². The van der Waals surface area contributed by atoms with E-state index in [-0.39, 0.29) is 17.9 Å². The molecule has 3 nitrogen and oxygen atoms in total. The summed E-state index contributed by atoms with van der Waals surface area (Å²) in [6, 6.07) is 4.03. The van der Waals surface area contributed by atoms with Gasteiger partial charge >= 0.3 is 0 Å². The van der Waals surface area contributed by atoms with Gasteiger partial charge in [-0.15, -0.1) is 0 Å². The number of carbonyl (C=O) groups is 1. The van der Waals surface area contributed by atoms with Crippen LogP contribution in [0.25, 0.3) is 0 Å². The van der Waals surface area contributed by atoms with Crippen molar-refractivity contribution in [2.75, 3.05) is 13.1 Å². The third-order valence-corrected chi connectivity index (χ3v) is 3.91. The van der Waals surface area contributed by atoms with Gasteiger partial charge in [0.15, 0.2) is 0 Å². The second-order valence-corrected chi connectivity index (χ2v) is 5.63. The Bertz CT molecular complexity index is 582. The van der Waals surface area contributed by atoms with Gasteiger partial charge in [-0.1, -0.05) is 25.2 Å². The van der Waals surface area contributed by atoms with Crippen molar-refractivity contribution in [3.05, 3.63) is 35.1 Å². The minimum atomic E-state index is -0.405. The number of hydrogen-bond donors (Lipinski definition) is 2. The van der Waals surface area contributed by atoms with Crippen molar-refractivity contribution in [2.45, 2.75) is 32.6 Å². The highest BCUT2D eigenvalue weighted by Crippen LogP contribution is 2.48. The zero-order valence-corrected chi connectivity index (χ0v) is 12.3. The van der Waals surface area contributed by atoms with Crippen LogP contribution in [-0.2, 0) is 0 Å². The Kier molecular flexibility index (Phi) is 4.98. The van der Waals surface area contributed by atoms with Gasteiger partial charge in [-0.3, -0.25) is 4.79 Å². The monoisotopic (exact) mass is 288 g/mol. The van der Waals surface area contributed by atoms with Gasteiger partial charge in [0, 0.05) is 12.1 Å². The highest BCUT2D eigenvalue weighted by molar-refractivity contribution is 5.96. The molecule has 4 heteroatoms. The van der Waals surface area contributed by atoms with Crippen LogP contribution < -0.4 is 11.1 Å². The van der Waals surface area contributed by atoms with Gasteiger partial charge in [-0.05, 0) is 42.9 Å². The molecular formula is C17H21FN2O. The van der Waals surface area contributed by atoms with Crippen molar-refractivity contribution >= 4 is 5.91 Å². The fraction of sp³-hybridized carbons (Fsp3) is 0.471. The summed E-state index contributed by atoms with van der Waals surface area (Å²) in [6.07, 6.45) is 4.60. The Morgan fingerprint density at radius 3 is 2.86 bits per heavy atom. The third kappa shape index (κ3) is 4.05. The first-order chi connectivity index (χ1) is 10.1. The number of amides is 1. The molecule has 0 bridgehead atoms. The molecule has 0 saturated heterocycles. The summed E-state index contributed by atoms with van der Waals surface area (Å²) >= 11 is 0. The second kappa shape index (κ2) is 6.73. The Labute approximate surface area is 125 Å². The first-order valence-electron chi connectivity index (χ1n) is 7.37. The summed E-state index contributed by atoms with van der Waals surface area (Å²) in [7, 11) is 0. The molecular weight excluding hydrogens is 267 g/mol. The number of nitrogens with two attached hydrogens (primary N) is 1. The lowest BCUT2D eigenvalue weighted by Crippen LogP contribution is -2.30. The molecule has 0 heterocycles. The molecule has 1 fully saturated rings. The Balaban J connectivity index is 2.08. The lowest BCUT2D eigenvalue weighted by molar-refractivity contribution is 0.0943. The summed E-state index contributed by atoms with van der Waals surface area (Å²) < 4.78 is 13.3. The number of rotatable bonds is 5. The van der Waals surface area contributed by atoms with Crippen LogP contribution in [0.3, 0.4) is 0 Å². The molecule has 0 aliphatic heterocycles. The van der Waals surface area contributed by atoms with Crippen molar-refractivity contribution in [1.29, 1.82) is 0 Å².